The van der Waals surface area contributed by atoms with E-state index in [1.54, 1.807) is 18.4 Å². The van der Waals surface area contributed by atoms with E-state index in [2.05, 4.69) is 10.3 Å². The summed E-state index contributed by atoms with van der Waals surface area (Å²) in [5, 5.41) is 5.37. The Morgan fingerprint density at radius 1 is 1.36 bits per heavy atom. The maximum absolute atomic E-state index is 12.0. The highest BCUT2D eigenvalue weighted by molar-refractivity contribution is 7.22. The predicted molar refractivity (Wildman–Crippen MR) is 92.9 cm³/mol. The highest BCUT2D eigenvalue weighted by atomic mass is 32.1. The average Bonchev–Trinajstić information content (AvgIpc) is 3.10. The Kier molecular flexibility index (Phi) is 4.22. The van der Waals surface area contributed by atoms with E-state index in [0.717, 1.165) is 15.1 Å². The molecule has 3 aromatic rings. The molecule has 3 rings (SSSR count). The summed E-state index contributed by atoms with van der Waals surface area (Å²) < 4.78 is 6.25. The maximum Gasteiger partial charge on any atom is 0.250 e. The predicted octanol–water partition coefficient (Wildman–Crippen LogP) is 4.33. The first kappa shape index (κ1) is 14.7. The lowest BCUT2D eigenvalue weighted by Crippen LogP contribution is -2.07. The van der Waals surface area contributed by atoms with Crippen molar-refractivity contribution in [2.45, 2.75) is 6.92 Å². The Hall–Kier alpha value is -2.18. The third kappa shape index (κ3) is 3.03. The van der Waals surface area contributed by atoms with Gasteiger partial charge in [0.15, 0.2) is 5.13 Å². The quantitative estimate of drug-likeness (QED) is 0.725. The number of benzene rings is 1. The van der Waals surface area contributed by atoms with Gasteiger partial charge in [-0.2, -0.15) is 0 Å². The largest absolute Gasteiger partial charge is 0.494 e. The molecule has 1 N–H and O–H groups in total. The van der Waals surface area contributed by atoms with Crippen LogP contribution in [0.3, 0.4) is 0 Å². The fourth-order valence-corrected chi connectivity index (χ4v) is 3.70. The number of methoxy groups -OCH3 is 1. The molecule has 1 amide bonds. The lowest BCUT2D eigenvalue weighted by Gasteiger charge is -1.98. The Morgan fingerprint density at radius 2 is 2.23 bits per heavy atom. The minimum Gasteiger partial charge on any atom is -0.494 e. The summed E-state index contributed by atoms with van der Waals surface area (Å²) >= 11 is 3.04. The zero-order valence-electron chi connectivity index (χ0n) is 12.1. The molecule has 0 saturated carbocycles. The molecular weight excluding hydrogens is 316 g/mol. The molecule has 0 bridgehead atoms. The van der Waals surface area contributed by atoms with Crippen molar-refractivity contribution < 1.29 is 9.53 Å². The lowest BCUT2D eigenvalue weighted by atomic mass is 10.3. The number of thiophene rings is 1. The second-order valence-corrected chi connectivity index (χ2v) is 6.59. The number of nitrogens with one attached hydrogen (secondary N) is 1. The van der Waals surface area contributed by atoms with Crippen LogP contribution in [0.4, 0.5) is 5.13 Å². The molecule has 0 saturated heterocycles. The average molecular weight is 330 g/mol. The van der Waals surface area contributed by atoms with E-state index >= 15 is 0 Å². The van der Waals surface area contributed by atoms with Gasteiger partial charge in [-0.05, 0) is 42.1 Å². The third-order valence-electron chi connectivity index (χ3n) is 3.12. The van der Waals surface area contributed by atoms with Crippen LogP contribution in [-0.2, 0) is 4.79 Å². The number of thiazole rings is 1. The van der Waals surface area contributed by atoms with Gasteiger partial charge >= 0.3 is 0 Å². The van der Waals surface area contributed by atoms with E-state index in [-0.39, 0.29) is 5.91 Å². The topological polar surface area (TPSA) is 51.2 Å². The molecule has 0 aliphatic rings. The van der Waals surface area contributed by atoms with Crippen LogP contribution in [0, 0.1) is 6.92 Å². The van der Waals surface area contributed by atoms with Gasteiger partial charge in [0.05, 0.1) is 11.8 Å². The first-order valence-corrected chi connectivity index (χ1v) is 8.33. The first-order valence-electron chi connectivity index (χ1n) is 6.64. The molecule has 0 radical (unpaired) electrons. The Balaban J connectivity index is 1.77. The summed E-state index contributed by atoms with van der Waals surface area (Å²) in [5.74, 6) is 0.518. The normalized spacial score (nSPS) is 11.2. The molecule has 0 unspecified atom stereocenters. The van der Waals surface area contributed by atoms with Crippen LogP contribution in [0.1, 0.15) is 10.4 Å². The smallest absolute Gasteiger partial charge is 0.250 e. The van der Waals surface area contributed by atoms with Crippen LogP contribution >= 0.6 is 22.7 Å². The second kappa shape index (κ2) is 6.29. The fraction of sp³-hybridized carbons (Fsp3) is 0.125. The molecule has 0 spiro atoms. The zero-order valence-corrected chi connectivity index (χ0v) is 13.8. The summed E-state index contributed by atoms with van der Waals surface area (Å²) in [5.41, 5.74) is 1.93. The van der Waals surface area contributed by atoms with Gasteiger partial charge in [-0.1, -0.05) is 17.4 Å². The Bertz CT molecular complexity index is 849. The van der Waals surface area contributed by atoms with Crippen molar-refractivity contribution in [3.63, 3.8) is 0 Å². The molecule has 0 atom stereocenters. The number of carbonyl (C=O) groups is 1. The zero-order chi connectivity index (χ0) is 15.5. The van der Waals surface area contributed by atoms with Crippen LogP contribution < -0.4 is 10.1 Å². The van der Waals surface area contributed by atoms with Gasteiger partial charge in [-0.15, -0.1) is 11.3 Å². The molecule has 6 heteroatoms. The van der Waals surface area contributed by atoms with Crippen molar-refractivity contribution in [2.24, 2.45) is 0 Å². The number of amides is 1. The fourth-order valence-electron chi connectivity index (χ4n) is 2.00. The van der Waals surface area contributed by atoms with Gasteiger partial charge in [-0.3, -0.25) is 10.1 Å². The van der Waals surface area contributed by atoms with Gasteiger partial charge < -0.3 is 4.74 Å². The van der Waals surface area contributed by atoms with E-state index in [9.17, 15) is 4.79 Å². The lowest BCUT2D eigenvalue weighted by molar-refractivity contribution is -0.111. The number of nitrogens with zero attached hydrogens (tertiary/aromatic N) is 1. The van der Waals surface area contributed by atoms with Crippen molar-refractivity contribution in [3.05, 3.63) is 46.2 Å². The van der Waals surface area contributed by atoms with Crippen molar-refractivity contribution in [1.29, 1.82) is 0 Å². The summed E-state index contributed by atoms with van der Waals surface area (Å²) in [7, 11) is 1.61. The second-order valence-electron chi connectivity index (χ2n) is 4.62. The Labute approximate surface area is 136 Å². The highest BCUT2D eigenvalue weighted by Crippen LogP contribution is 2.32. The number of ether oxygens (including phenoxy) is 1. The summed E-state index contributed by atoms with van der Waals surface area (Å²) in [6.45, 7) is 2.02. The van der Waals surface area contributed by atoms with Crippen LogP contribution in [-0.4, -0.2) is 18.0 Å². The summed E-state index contributed by atoms with van der Waals surface area (Å²) in [6, 6.07) is 7.75. The third-order valence-corrected chi connectivity index (χ3v) is 5.04. The molecule has 1 aromatic carbocycles. The summed E-state index contributed by atoms with van der Waals surface area (Å²) in [6.07, 6.45) is 3.35. The molecule has 2 aromatic heterocycles. The number of fused-ring (bicyclic) bond motifs is 1. The molecule has 0 aliphatic heterocycles. The van der Waals surface area contributed by atoms with E-state index in [4.69, 9.17) is 4.74 Å². The Morgan fingerprint density at radius 3 is 2.95 bits per heavy atom. The number of rotatable bonds is 4. The van der Waals surface area contributed by atoms with E-state index < -0.39 is 0 Å². The molecule has 112 valence electrons. The minimum absolute atomic E-state index is 0.189. The number of hydrogen-bond donors (Lipinski definition) is 1. The number of aromatic nitrogens is 1. The van der Waals surface area contributed by atoms with Gasteiger partial charge in [0.1, 0.15) is 11.3 Å². The monoisotopic (exact) mass is 330 g/mol. The molecule has 22 heavy (non-hydrogen) atoms. The molecular formula is C16H14N2O2S2. The van der Waals surface area contributed by atoms with Crippen LogP contribution in [0.25, 0.3) is 16.3 Å². The van der Waals surface area contributed by atoms with Crippen molar-refractivity contribution in [3.8, 4) is 5.75 Å². The van der Waals surface area contributed by atoms with Gasteiger partial charge in [-0.25, -0.2) is 4.98 Å². The standard InChI is InChI=1S/C16H14N2O2S2/c1-10-8-9-21-12(10)6-7-14(19)17-16-18-15-11(20-2)4-3-5-13(15)22-16/h3-9H,1-2H3,(H,17,18,19)/b7-6+. The van der Waals surface area contributed by atoms with Crippen LogP contribution in [0.5, 0.6) is 5.75 Å². The number of para-hydroxylation sites is 1. The molecule has 4 nitrogen and oxygen atoms in total. The molecule has 0 fully saturated rings. The highest BCUT2D eigenvalue weighted by Gasteiger charge is 2.09. The van der Waals surface area contributed by atoms with Gasteiger partial charge in [0.2, 0.25) is 5.91 Å². The first-order chi connectivity index (χ1) is 10.7. The minimum atomic E-state index is -0.189. The number of anilines is 1. The van der Waals surface area contributed by atoms with Crippen molar-refractivity contribution in [2.75, 3.05) is 12.4 Å². The van der Waals surface area contributed by atoms with E-state index in [0.29, 0.717) is 10.9 Å². The molecule has 0 aliphatic carbocycles. The number of aryl methyl sites for hydroxylation is 1. The number of carbonyl (C=O) groups excluding carboxylic acids is 1. The van der Waals surface area contributed by atoms with Crippen molar-refractivity contribution >= 4 is 50.0 Å². The van der Waals surface area contributed by atoms with Crippen LogP contribution in [0.15, 0.2) is 35.7 Å². The van der Waals surface area contributed by atoms with Gasteiger partial charge in [0, 0.05) is 11.0 Å². The van der Waals surface area contributed by atoms with E-state index in [1.165, 1.54) is 23.0 Å². The van der Waals surface area contributed by atoms with Crippen LogP contribution in [0.2, 0.25) is 0 Å². The number of hydrogen-bond acceptors (Lipinski definition) is 5. The van der Waals surface area contributed by atoms with E-state index in [1.807, 2.05) is 42.6 Å². The van der Waals surface area contributed by atoms with Gasteiger partial charge in [0.25, 0.3) is 0 Å². The SMILES string of the molecule is COc1cccc2sc(NC(=O)/C=C/c3sccc3C)nc12. The summed E-state index contributed by atoms with van der Waals surface area (Å²) in [4.78, 5) is 17.5. The maximum atomic E-state index is 12.0. The molecule has 2 heterocycles. The van der Waals surface area contributed by atoms with Crippen molar-refractivity contribution in [1.82, 2.24) is 4.98 Å².